The van der Waals surface area contributed by atoms with Crippen molar-refractivity contribution in [1.82, 2.24) is 4.90 Å². The molecule has 0 unspecified atom stereocenters. The van der Waals surface area contributed by atoms with E-state index < -0.39 is 5.97 Å². The van der Waals surface area contributed by atoms with Gasteiger partial charge in [0.2, 0.25) is 0 Å². The number of carbonyl (C=O) groups is 1. The zero-order chi connectivity index (χ0) is 14.5. The maximum absolute atomic E-state index is 10.7. The average Bonchev–Trinajstić information content (AvgIpc) is 2.41. The van der Waals surface area contributed by atoms with Crippen molar-refractivity contribution in [3.05, 3.63) is 23.8 Å². The molecule has 1 aromatic carbocycles. The Morgan fingerprint density at radius 2 is 2.10 bits per heavy atom. The van der Waals surface area contributed by atoms with Crippen LogP contribution in [0.1, 0.15) is 24.8 Å². The number of methoxy groups -OCH3 is 1. The molecule has 1 heterocycles. The minimum atomic E-state index is -0.705. The summed E-state index contributed by atoms with van der Waals surface area (Å²) in [6.45, 7) is 2.59. The first-order chi connectivity index (χ1) is 9.58. The van der Waals surface area contributed by atoms with E-state index >= 15 is 0 Å². The highest BCUT2D eigenvalue weighted by Crippen LogP contribution is 2.28. The second-order valence-electron chi connectivity index (χ2n) is 5.32. The second-order valence-corrected chi connectivity index (χ2v) is 5.32. The minimum Gasteiger partial charge on any atom is -0.504 e. The van der Waals surface area contributed by atoms with Gasteiger partial charge >= 0.3 is 5.97 Å². The van der Waals surface area contributed by atoms with Crippen molar-refractivity contribution in [1.29, 1.82) is 0 Å². The van der Waals surface area contributed by atoms with E-state index in [1.54, 1.807) is 12.1 Å². The van der Waals surface area contributed by atoms with E-state index in [-0.39, 0.29) is 12.2 Å². The highest BCUT2D eigenvalue weighted by molar-refractivity contribution is 5.67. The lowest BCUT2D eigenvalue weighted by atomic mass is 9.93. The standard InChI is InChI=1S/C15H21NO4/c1-20-14-3-2-12(8-13(14)17)10-16-6-4-11(5-7-16)9-15(18)19/h2-3,8,11,17H,4-7,9-10H2,1H3,(H,18,19). The molecule has 2 rings (SSSR count). The largest absolute Gasteiger partial charge is 0.504 e. The van der Waals surface area contributed by atoms with E-state index in [1.807, 2.05) is 6.07 Å². The van der Waals surface area contributed by atoms with Gasteiger partial charge < -0.3 is 14.9 Å². The Morgan fingerprint density at radius 3 is 2.65 bits per heavy atom. The highest BCUT2D eigenvalue weighted by atomic mass is 16.5. The summed E-state index contributed by atoms with van der Waals surface area (Å²) < 4.78 is 5.02. The number of nitrogens with zero attached hydrogens (tertiary/aromatic N) is 1. The van der Waals surface area contributed by atoms with Crippen molar-refractivity contribution in [2.45, 2.75) is 25.8 Å². The number of benzene rings is 1. The number of phenols is 1. The number of likely N-dealkylation sites (tertiary alicyclic amines) is 1. The van der Waals surface area contributed by atoms with Crippen molar-refractivity contribution in [3.63, 3.8) is 0 Å². The number of hydrogen-bond donors (Lipinski definition) is 2. The van der Waals surface area contributed by atoms with Crippen LogP contribution in [-0.4, -0.2) is 41.3 Å². The summed E-state index contributed by atoms with van der Waals surface area (Å²) in [6, 6.07) is 5.44. The molecule has 1 aliphatic rings. The number of carboxylic acids is 1. The monoisotopic (exact) mass is 279 g/mol. The quantitative estimate of drug-likeness (QED) is 0.863. The zero-order valence-electron chi connectivity index (χ0n) is 11.7. The summed E-state index contributed by atoms with van der Waals surface area (Å²) in [7, 11) is 1.53. The number of aliphatic carboxylic acids is 1. The van der Waals surface area contributed by atoms with Crippen LogP contribution < -0.4 is 4.74 Å². The fourth-order valence-corrected chi connectivity index (χ4v) is 2.69. The lowest BCUT2D eigenvalue weighted by Gasteiger charge is -2.31. The van der Waals surface area contributed by atoms with Crippen LogP contribution in [0.15, 0.2) is 18.2 Å². The molecule has 0 atom stereocenters. The molecule has 2 N–H and O–H groups in total. The van der Waals surface area contributed by atoms with Crippen LogP contribution in [0.2, 0.25) is 0 Å². The Kier molecular flexibility index (Phi) is 4.84. The Bertz CT molecular complexity index is 467. The summed E-state index contributed by atoms with van der Waals surface area (Å²) in [5, 5.41) is 18.5. The van der Waals surface area contributed by atoms with Crippen LogP contribution in [0.4, 0.5) is 0 Å². The third-order valence-corrected chi connectivity index (χ3v) is 3.82. The lowest BCUT2D eigenvalue weighted by molar-refractivity contribution is -0.138. The van der Waals surface area contributed by atoms with E-state index in [4.69, 9.17) is 9.84 Å². The number of aromatic hydroxyl groups is 1. The van der Waals surface area contributed by atoms with Crippen molar-refractivity contribution in [3.8, 4) is 11.5 Å². The topological polar surface area (TPSA) is 70.0 Å². The van der Waals surface area contributed by atoms with Gasteiger partial charge in [0.1, 0.15) is 0 Å². The van der Waals surface area contributed by atoms with Crippen LogP contribution in [-0.2, 0) is 11.3 Å². The van der Waals surface area contributed by atoms with Gasteiger partial charge in [0.15, 0.2) is 11.5 Å². The summed E-state index contributed by atoms with van der Waals surface area (Å²) in [5.74, 6) is 0.233. The van der Waals surface area contributed by atoms with E-state index in [9.17, 15) is 9.90 Å². The van der Waals surface area contributed by atoms with E-state index in [1.165, 1.54) is 7.11 Å². The van der Waals surface area contributed by atoms with Gasteiger partial charge in [-0.3, -0.25) is 9.69 Å². The third kappa shape index (κ3) is 3.87. The van der Waals surface area contributed by atoms with Gasteiger partial charge in [0.05, 0.1) is 7.11 Å². The molecule has 0 radical (unpaired) electrons. The van der Waals surface area contributed by atoms with Crippen LogP contribution >= 0.6 is 0 Å². The van der Waals surface area contributed by atoms with Crippen molar-refractivity contribution in [2.75, 3.05) is 20.2 Å². The summed E-state index contributed by atoms with van der Waals surface area (Å²) in [4.78, 5) is 13.0. The first-order valence-corrected chi connectivity index (χ1v) is 6.88. The molecule has 20 heavy (non-hydrogen) atoms. The molecule has 0 saturated carbocycles. The molecular formula is C15H21NO4. The van der Waals surface area contributed by atoms with Crippen LogP contribution in [0.25, 0.3) is 0 Å². The lowest BCUT2D eigenvalue weighted by Crippen LogP contribution is -2.33. The molecule has 0 spiro atoms. The second kappa shape index (κ2) is 6.61. The van der Waals surface area contributed by atoms with Crippen LogP contribution in [0, 0.1) is 5.92 Å². The fourth-order valence-electron chi connectivity index (χ4n) is 2.69. The van der Waals surface area contributed by atoms with Crippen LogP contribution in [0.3, 0.4) is 0 Å². The van der Waals surface area contributed by atoms with Crippen LogP contribution in [0.5, 0.6) is 11.5 Å². The van der Waals surface area contributed by atoms with Gasteiger partial charge in [-0.15, -0.1) is 0 Å². The molecule has 1 aromatic rings. The van der Waals surface area contributed by atoms with Gasteiger partial charge in [-0.05, 0) is 49.5 Å². The first-order valence-electron chi connectivity index (χ1n) is 6.88. The molecule has 0 amide bonds. The molecule has 0 bridgehead atoms. The number of carboxylic acid groups (broad SMARTS) is 1. The number of hydrogen-bond acceptors (Lipinski definition) is 4. The molecule has 1 fully saturated rings. The number of piperidine rings is 1. The van der Waals surface area contributed by atoms with Crippen molar-refractivity contribution < 1.29 is 19.7 Å². The molecule has 5 nitrogen and oxygen atoms in total. The van der Waals surface area contributed by atoms with Gasteiger partial charge in [0.25, 0.3) is 0 Å². The molecule has 1 aliphatic heterocycles. The number of ether oxygens (including phenoxy) is 1. The molecule has 0 aliphatic carbocycles. The molecule has 0 aromatic heterocycles. The summed E-state index contributed by atoms with van der Waals surface area (Å²) >= 11 is 0. The summed E-state index contributed by atoms with van der Waals surface area (Å²) in [5.41, 5.74) is 1.04. The minimum absolute atomic E-state index is 0.158. The van der Waals surface area contributed by atoms with Crippen molar-refractivity contribution in [2.24, 2.45) is 5.92 Å². The maximum Gasteiger partial charge on any atom is 0.303 e. The van der Waals surface area contributed by atoms with Gasteiger partial charge in [-0.25, -0.2) is 0 Å². The smallest absolute Gasteiger partial charge is 0.303 e. The van der Waals surface area contributed by atoms with Gasteiger partial charge in [-0.1, -0.05) is 6.07 Å². The maximum atomic E-state index is 10.7. The SMILES string of the molecule is COc1ccc(CN2CCC(CC(=O)O)CC2)cc1O. The fraction of sp³-hybridized carbons (Fsp3) is 0.533. The normalized spacial score (nSPS) is 17.1. The van der Waals surface area contributed by atoms with Gasteiger partial charge in [-0.2, -0.15) is 0 Å². The zero-order valence-corrected chi connectivity index (χ0v) is 11.7. The van der Waals surface area contributed by atoms with E-state index in [2.05, 4.69) is 4.90 Å². The Labute approximate surface area is 118 Å². The van der Waals surface area contributed by atoms with E-state index in [0.29, 0.717) is 11.7 Å². The Hall–Kier alpha value is -1.75. The molecule has 110 valence electrons. The molecule has 1 saturated heterocycles. The van der Waals surface area contributed by atoms with Gasteiger partial charge in [0, 0.05) is 13.0 Å². The number of phenolic OH excluding ortho intramolecular Hbond substituents is 1. The predicted molar refractivity (Wildman–Crippen MR) is 74.9 cm³/mol. The molecular weight excluding hydrogens is 258 g/mol. The van der Waals surface area contributed by atoms with Crippen molar-refractivity contribution >= 4 is 5.97 Å². The predicted octanol–water partition coefficient (Wildman–Crippen LogP) is 2.09. The third-order valence-electron chi connectivity index (χ3n) is 3.82. The highest BCUT2D eigenvalue weighted by Gasteiger charge is 2.21. The summed E-state index contributed by atoms with van der Waals surface area (Å²) in [6.07, 6.45) is 2.13. The first kappa shape index (κ1) is 14.7. The Morgan fingerprint density at radius 1 is 1.40 bits per heavy atom. The molecule has 5 heteroatoms. The number of rotatable bonds is 5. The van der Waals surface area contributed by atoms with E-state index in [0.717, 1.165) is 38.0 Å². The average molecular weight is 279 g/mol. The Balaban J connectivity index is 1.86.